The van der Waals surface area contributed by atoms with Crippen LogP contribution >= 0.6 is 0 Å². The monoisotopic (exact) mass is 678 g/mol. The second-order valence-electron chi connectivity index (χ2n) is 13.6. The molecule has 2 N–H and O–H groups in total. The van der Waals surface area contributed by atoms with E-state index in [4.69, 9.17) is 20.9 Å². The number of terminal acetylenes is 1. The van der Waals surface area contributed by atoms with Gasteiger partial charge in [-0.2, -0.15) is 9.97 Å². The summed E-state index contributed by atoms with van der Waals surface area (Å²) in [6, 6.07) is 5.50. The standard InChI is InChI=1S/C36H38F4N6O3/c1-5-23-26(37)10-7-19-13-22(47)14-24(27(19)23)30-29(38)31-28(34(42-30)48-4)33(46-15-20-8-9-21(16-46)41-20)44-35(43-31)49-18-36(3)17-45(6-2)12-11-25(36)32(39)40/h1,7,10,13-14,20-21,25,32,41,47H,6,8-9,11-12,15-18H2,2-4H3/t20-,21+,25-,36+/m1/s1. The third-order valence-corrected chi connectivity index (χ3v) is 10.4. The van der Waals surface area contributed by atoms with Crippen molar-refractivity contribution in [3.8, 4) is 41.2 Å². The molecule has 4 aromatic rings. The molecule has 258 valence electrons. The summed E-state index contributed by atoms with van der Waals surface area (Å²) in [6.07, 6.45) is 5.42. The van der Waals surface area contributed by atoms with Crippen LogP contribution in [0.15, 0.2) is 24.3 Å². The second-order valence-corrected chi connectivity index (χ2v) is 13.6. The minimum Gasteiger partial charge on any atom is -0.508 e. The Labute approximate surface area is 281 Å². The van der Waals surface area contributed by atoms with Gasteiger partial charge in [-0.1, -0.05) is 25.8 Å². The average molecular weight is 679 g/mol. The first-order valence-corrected chi connectivity index (χ1v) is 16.5. The molecule has 0 unspecified atom stereocenters. The van der Waals surface area contributed by atoms with Gasteiger partial charge < -0.3 is 29.7 Å². The molecule has 9 nitrogen and oxygen atoms in total. The van der Waals surface area contributed by atoms with Gasteiger partial charge in [0.15, 0.2) is 5.82 Å². The van der Waals surface area contributed by atoms with E-state index >= 15 is 4.39 Å². The first-order chi connectivity index (χ1) is 23.5. The van der Waals surface area contributed by atoms with E-state index in [-0.39, 0.29) is 69.4 Å². The normalized spacial score (nSPS) is 24.1. The van der Waals surface area contributed by atoms with Gasteiger partial charge in [0.05, 0.1) is 19.3 Å². The van der Waals surface area contributed by atoms with Crippen LogP contribution in [0.25, 0.3) is 32.9 Å². The fourth-order valence-electron chi connectivity index (χ4n) is 7.90. The summed E-state index contributed by atoms with van der Waals surface area (Å²) < 4.78 is 72.5. The topological polar surface area (TPSA) is 95.9 Å². The number of ether oxygens (including phenoxy) is 2. The van der Waals surface area contributed by atoms with Crippen LogP contribution in [-0.4, -0.2) is 89.9 Å². The number of phenols is 1. The van der Waals surface area contributed by atoms with E-state index in [1.165, 1.54) is 31.4 Å². The maximum atomic E-state index is 17.1. The molecule has 0 amide bonds. The molecule has 13 heteroatoms. The third-order valence-electron chi connectivity index (χ3n) is 10.4. The van der Waals surface area contributed by atoms with E-state index in [2.05, 4.69) is 26.1 Å². The van der Waals surface area contributed by atoms with Gasteiger partial charge in [-0.3, -0.25) is 0 Å². The number of fused-ring (bicyclic) bond motifs is 4. The first-order valence-electron chi connectivity index (χ1n) is 16.5. The van der Waals surface area contributed by atoms with Crippen molar-refractivity contribution in [1.29, 1.82) is 0 Å². The van der Waals surface area contributed by atoms with Gasteiger partial charge >= 0.3 is 6.01 Å². The van der Waals surface area contributed by atoms with Crippen molar-refractivity contribution >= 4 is 27.5 Å². The van der Waals surface area contributed by atoms with Crippen LogP contribution in [0.1, 0.15) is 38.7 Å². The summed E-state index contributed by atoms with van der Waals surface area (Å²) >= 11 is 0. The number of nitrogens with zero attached hydrogens (tertiary/aromatic N) is 5. The molecule has 0 spiro atoms. The SMILES string of the molecule is C#Cc1c(F)ccc2cc(O)cc(-c3nc(OC)c4c(N5C[C@H]6CC[C@@H](C5)N6)nc(OC[C@]5(C)CN(CC)CC[C@@H]5C(F)F)nc4c3F)c12. The highest BCUT2D eigenvalue weighted by Gasteiger charge is 2.45. The zero-order valence-electron chi connectivity index (χ0n) is 27.6. The number of nitrogens with one attached hydrogen (secondary N) is 1. The highest BCUT2D eigenvalue weighted by molar-refractivity contribution is 6.04. The van der Waals surface area contributed by atoms with E-state index in [0.717, 1.165) is 12.8 Å². The Morgan fingerprint density at radius 1 is 1.10 bits per heavy atom. The molecule has 2 bridgehead atoms. The van der Waals surface area contributed by atoms with Gasteiger partial charge in [-0.25, -0.2) is 22.5 Å². The first kappa shape index (κ1) is 33.1. The number of rotatable bonds is 8. The number of likely N-dealkylation sites (tertiary alicyclic amines) is 1. The quantitative estimate of drug-likeness (QED) is 0.179. The number of halogens is 4. The zero-order chi connectivity index (χ0) is 34.6. The summed E-state index contributed by atoms with van der Waals surface area (Å²) in [4.78, 5) is 18.0. The maximum absolute atomic E-state index is 17.1. The lowest BCUT2D eigenvalue weighted by Crippen LogP contribution is -2.52. The highest BCUT2D eigenvalue weighted by Crippen LogP contribution is 2.44. The van der Waals surface area contributed by atoms with Crippen molar-refractivity contribution in [3.63, 3.8) is 0 Å². The van der Waals surface area contributed by atoms with E-state index in [0.29, 0.717) is 50.3 Å². The largest absolute Gasteiger partial charge is 0.508 e. The number of phenolic OH excluding ortho intramolecular Hbond substituents is 1. The number of aromatic nitrogens is 3. The zero-order valence-corrected chi connectivity index (χ0v) is 27.6. The predicted molar refractivity (Wildman–Crippen MR) is 178 cm³/mol. The van der Waals surface area contributed by atoms with Crippen LogP contribution < -0.4 is 19.7 Å². The van der Waals surface area contributed by atoms with Gasteiger partial charge in [0.1, 0.15) is 34.0 Å². The van der Waals surface area contributed by atoms with Gasteiger partial charge in [0.25, 0.3) is 0 Å². The molecule has 2 aromatic heterocycles. The van der Waals surface area contributed by atoms with Crippen LogP contribution in [0.3, 0.4) is 0 Å². The minimum atomic E-state index is -2.54. The van der Waals surface area contributed by atoms with E-state index < -0.39 is 29.4 Å². The molecule has 0 saturated carbocycles. The van der Waals surface area contributed by atoms with Crippen LogP contribution in [0.2, 0.25) is 0 Å². The van der Waals surface area contributed by atoms with Crippen molar-refractivity contribution in [3.05, 3.63) is 41.5 Å². The van der Waals surface area contributed by atoms with Crippen LogP contribution in [0, 0.1) is 35.3 Å². The number of anilines is 1. The number of piperazine rings is 1. The fourth-order valence-corrected chi connectivity index (χ4v) is 7.90. The number of methoxy groups -OCH3 is 1. The van der Waals surface area contributed by atoms with E-state index in [1.54, 1.807) is 6.92 Å². The molecule has 0 radical (unpaired) electrons. The Bertz CT molecular complexity index is 1960. The van der Waals surface area contributed by atoms with Crippen molar-refractivity contribution in [1.82, 2.24) is 25.2 Å². The Balaban J connectivity index is 1.41. The number of benzene rings is 2. The number of hydrogen-bond acceptors (Lipinski definition) is 9. The molecular weight excluding hydrogens is 640 g/mol. The lowest BCUT2D eigenvalue weighted by molar-refractivity contribution is -0.0721. The predicted octanol–water partition coefficient (Wildman–Crippen LogP) is 5.75. The highest BCUT2D eigenvalue weighted by atomic mass is 19.3. The van der Waals surface area contributed by atoms with E-state index in [9.17, 15) is 18.3 Å². The molecule has 3 aliphatic rings. The molecule has 3 aliphatic heterocycles. The third kappa shape index (κ3) is 5.84. The summed E-state index contributed by atoms with van der Waals surface area (Å²) in [7, 11) is 1.39. The molecule has 3 fully saturated rings. The molecule has 0 aliphatic carbocycles. The Hall–Kier alpha value is -4.41. The molecule has 4 atom stereocenters. The second kappa shape index (κ2) is 12.8. The van der Waals surface area contributed by atoms with Crippen LogP contribution in [0.5, 0.6) is 17.6 Å². The molecule has 5 heterocycles. The van der Waals surface area contributed by atoms with Gasteiger partial charge in [-0.05, 0) is 55.9 Å². The number of pyridine rings is 1. The molecular formula is C36H38F4N6O3. The average Bonchev–Trinajstić information content (AvgIpc) is 3.43. The minimum absolute atomic E-state index is 0.00424. The Morgan fingerprint density at radius 2 is 1.86 bits per heavy atom. The van der Waals surface area contributed by atoms with Gasteiger partial charge in [0, 0.05) is 54.0 Å². The Kier molecular flexibility index (Phi) is 8.65. The number of piperidine rings is 1. The van der Waals surface area contributed by atoms with Crippen LogP contribution in [0.4, 0.5) is 23.4 Å². The molecule has 3 saturated heterocycles. The lowest BCUT2D eigenvalue weighted by Gasteiger charge is -2.45. The van der Waals surface area contributed by atoms with Crippen molar-refractivity contribution in [2.45, 2.75) is 51.6 Å². The summed E-state index contributed by atoms with van der Waals surface area (Å²) in [5.74, 6) is -0.00833. The summed E-state index contributed by atoms with van der Waals surface area (Å²) in [5.41, 5.74) is -1.47. The number of hydrogen-bond donors (Lipinski definition) is 2. The number of alkyl halides is 2. The molecule has 2 aromatic carbocycles. The Morgan fingerprint density at radius 3 is 2.53 bits per heavy atom. The van der Waals surface area contributed by atoms with Gasteiger partial charge in [0.2, 0.25) is 12.3 Å². The maximum Gasteiger partial charge on any atom is 0.319 e. The number of aromatic hydroxyl groups is 1. The summed E-state index contributed by atoms with van der Waals surface area (Å²) in [5, 5.41) is 15.0. The van der Waals surface area contributed by atoms with E-state index in [1.807, 2.05) is 11.8 Å². The van der Waals surface area contributed by atoms with Crippen molar-refractivity contribution in [2.24, 2.45) is 11.3 Å². The van der Waals surface area contributed by atoms with Gasteiger partial charge in [-0.15, -0.1) is 6.42 Å². The molecule has 7 rings (SSSR count). The fraction of sp³-hybridized carbons (Fsp3) is 0.472. The lowest BCUT2D eigenvalue weighted by atomic mass is 9.73. The van der Waals surface area contributed by atoms with Crippen LogP contribution in [-0.2, 0) is 0 Å². The smallest absolute Gasteiger partial charge is 0.319 e. The molecule has 49 heavy (non-hydrogen) atoms. The summed E-state index contributed by atoms with van der Waals surface area (Å²) in [6.45, 7) is 6.48. The van der Waals surface area contributed by atoms with Crippen molar-refractivity contribution < 1.29 is 32.1 Å². The van der Waals surface area contributed by atoms with Crippen molar-refractivity contribution in [2.75, 3.05) is 51.3 Å².